The molecule has 0 heterocycles. The van der Waals surface area contributed by atoms with Gasteiger partial charge >= 0.3 is 0 Å². The van der Waals surface area contributed by atoms with Crippen LogP contribution in [0.3, 0.4) is 0 Å². The zero-order valence-corrected chi connectivity index (χ0v) is 11.3. The van der Waals surface area contributed by atoms with Crippen LogP contribution in [0.25, 0.3) is 0 Å². The van der Waals surface area contributed by atoms with Crippen molar-refractivity contribution in [2.75, 3.05) is 26.3 Å². The highest BCUT2D eigenvalue weighted by Gasteiger charge is 2.22. The molecule has 0 amide bonds. The van der Waals surface area contributed by atoms with E-state index < -0.39 is 0 Å². The Balaban J connectivity index is 3.45. The second-order valence-electron chi connectivity index (χ2n) is 4.77. The SMILES string of the molecule is CCOCCNCCCCC(C)(C)C(N)=NO. The van der Waals surface area contributed by atoms with Gasteiger partial charge in [0.25, 0.3) is 0 Å². The van der Waals surface area contributed by atoms with Crippen LogP contribution < -0.4 is 11.1 Å². The van der Waals surface area contributed by atoms with Crippen LogP contribution in [-0.2, 0) is 4.74 Å². The van der Waals surface area contributed by atoms with E-state index in [0.717, 1.165) is 45.6 Å². The lowest BCUT2D eigenvalue weighted by molar-refractivity contribution is 0.149. The molecule has 0 unspecified atom stereocenters. The van der Waals surface area contributed by atoms with Crippen LogP contribution in [0.2, 0.25) is 0 Å². The molecule has 0 atom stereocenters. The monoisotopic (exact) mass is 245 g/mol. The molecule has 0 aromatic rings. The second kappa shape index (κ2) is 9.24. The molecule has 0 aromatic heterocycles. The minimum atomic E-state index is -0.222. The largest absolute Gasteiger partial charge is 0.409 e. The summed E-state index contributed by atoms with van der Waals surface area (Å²) in [7, 11) is 0. The Kier molecular flexibility index (Phi) is 8.80. The fourth-order valence-corrected chi connectivity index (χ4v) is 1.49. The van der Waals surface area contributed by atoms with Crippen LogP contribution in [0, 0.1) is 5.41 Å². The predicted octanol–water partition coefficient (Wildman–Crippen LogP) is 1.56. The maximum absolute atomic E-state index is 8.63. The van der Waals surface area contributed by atoms with Gasteiger partial charge in [0.1, 0.15) is 5.84 Å². The number of nitrogens with zero attached hydrogens (tertiary/aromatic N) is 1. The van der Waals surface area contributed by atoms with Crippen molar-refractivity contribution in [3.8, 4) is 0 Å². The van der Waals surface area contributed by atoms with Gasteiger partial charge in [0, 0.05) is 18.6 Å². The van der Waals surface area contributed by atoms with Crippen LogP contribution in [-0.4, -0.2) is 37.3 Å². The molecule has 0 saturated carbocycles. The summed E-state index contributed by atoms with van der Waals surface area (Å²) < 4.78 is 5.22. The molecule has 0 aliphatic rings. The van der Waals surface area contributed by atoms with E-state index in [1.165, 1.54) is 0 Å². The Labute approximate surface area is 104 Å². The highest BCUT2D eigenvalue weighted by Crippen LogP contribution is 2.22. The van der Waals surface area contributed by atoms with Crippen LogP contribution >= 0.6 is 0 Å². The van der Waals surface area contributed by atoms with E-state index in [1.807, 2.05) is 20.8 Å². The van der Waals surface area contributed by atoms with E-state index in [9.17, 15) is 0 Å². The van der Waals surface area contributed by atoms with Gasteiger partial charge in [-0.3, -0.25) is 0 Å². The Morgan fingerprint density at radius 1 is 1.35 bits per heavy atom. The molecule has 0 saturated heterocycles. The summed E-state index contributed by atoms with van der Waals surface area (Å²) in [6.45, 7) is 9.41. The summed E-state index contributed by atoms with van der Waals surface area (Å²) >= 11 is 0. The minimum absolute atomic E-state index is 0.222. The van der Waals surface area contributed by atoms with Gasteiger partial charge in [0.05, 0.1) is 6.61 Å². The third-order valence-corrected chi connectivity index (χ3v) is 2.83. The van der Waals surface area contributed by atoms with Gasteiger partial charge < -0.3 is 21.0 Å². The first kappa shape index (κ1) is 16.2. The summed E-state index contributed by atoms with van der Waals surface area (Å²) in [6, 6.07) is 0. The van der Waals surface area contributed by atoms with Crippen molar-refractivity contribution in [1.29, 1.82) is 0 Å². The number of hydrogen-bond donors (Lipinski definition) is 3. The van der Waals surface area contributed by atoms with Gasteiger partial charge in [-0.2, -0.15) is 0 Å². The van der Waals surface area contributed by atoms with Crippen molar-refractivity contribution in [2.24, 2.45) is 16.3 Å². The molecule has 5 heteroatoms. The average Bonchev–Trinajstić information content (AvgIpc) is 2.31. The molecular weight excluding hydrogens is 218 g/mol. The first-order valence-electron chi connectivity index (χ1n) is 6.31. The molecule has 0 rings (SSSR count). The third-order valence-electron chi connectivity index (χ3n) is 2.83. The highest BCUT2D eigenvalue weighted by atomic mass is 16.5. The summed E-state index contributed by atoms with van der Waals surface area (Å²) in [6.07, 6.45) is 3.08. The maximum Gasteiger partial charge on any atom is 0.144 e. The zero-order chi connectivity index (χ0) is 13.1. The topological polar surface area (TPSA) is 79.9 Å². The van der Waals surface area contributed by atoms with E-state index in [-0.39, 0.29) is 5.41 Å². The van der Waals surface area contributed by atoms with E-state index in [4.69, 9.17) is 15.7 Å². The Morgan fingerprint density at radius 2 is 2.06 bits per heavy atom. The van der Waals surface area contributed by atoms with Gasteiger partial charge in [-0.15, -0.1) is 0 Å². The van der Waals surface area contributed by atoms with Crippen molar-refractivity contribution in [3.05, 3.63) is 0 Å². The summed E-state index contributed by atoms with van der Waals surface area (Å²) in [5.41, 5.74) is 5.39. The molecule has 0 aliphatic carbocycles. The molecule has 0 aromatic carbocycles. The Bertz CT molecular complexity index is 218. The molecule has 0 fully saturated rings. The Morgan fingerprint density at radius 3 is 2.65 bits per heavy atom. The van der Waals surface area contributed by atoms with Crippen molar-refractivity contribution in [1.82, 2.24) is 5.32 Å². The number of amidine groups is 1. The van der Waals surface area contributed by atoms with Crippen LogP contribution in [0.5, 0.6) is 0 Å². The lowest BCUT2D eigenvalue weighted by Gasteiger charge is -2.22. The normalized spacial score (nSPS) is 13.0. The molecule has 102 valence electrons. The number of hydrogen-bond acceptors (Lipinski definition) is 4. The first-order valence-corrected chi connectivity index (χ1v) is 6.31. The molecule has 0 bridgehead atoms. The Hall–Kier alpha value is -0.810. The molecule has 0 aliphatic heterocycles. The maximum atomic E-state index is 8.63. The summed E-state index contributed by atoms with van der Waals surface area (Å²) in [4.78, 5) is 0. The van der Waals surface area contributed by atoms with Gasteiger partial charge in [-0.05, 0) is 26.3 Å². The summed E-state index contributed by atoms with van der Waals surface area (Å²) in [5.74, 6) is 0.307. The smallest absolute Gasteiger partial charge is 0.144 e. The number of unbranched alkanes of at least 4 members (excludes halogenated alkanes) is 1. The molecule has 0 radical (unpaired) electrons. The van der Waals surface area contributed by atoms with Gasteiger partial charge in [0.2, 0.25) is 0 Å². The van der Waals surface area contributed by atoms with Crippen LogP contribution in [0.4, 0.5) is 0 Å². The van der Waals surface area contributed by atoms with E-state index in [1.54, 1.807) is 0 Å². The number of ether oxygens (including phenoxy) is 1. The molecule has 17 heavy (non-hydrogen) atoms. The van der Waals surface area contributed by atoms with Gasteiger partial charge in [-0.25, -0.2) is 0 Å². The second-order valence-corrected chi connectivity index (χ2v) is 4.77. The zero-order valence-electron chi connectivity index (χ0n) is 11.3. The van der Waals surface area contributed by atoms with Crippen molar-refractivity contribution < 1.29 is 9.94 Å². The lowest BCUT2D eigenvalue weighted by atomic mass is 9.86. The minimum Gasteiger partial charge on any atom is -0.409 e. The third kappa shape index (κ3) is 7.99. The van der Waals surface area contributed by atoms with Crippen LogP contribution in [0.15, 0.2) is 5.16 Å². The van der Waals surface area contributed by atoms with E-state index >= 15 is 0 Å². The lowest BCUT2D eigenvalue weighted by Crippen LogP contribution is -2.32. The number of rotatable bonds is 10. The van der Waals surface area contributed by atoms with Crippen molar-refractivity contribution >= 4 is 5.84 Å². The number of oxime groups is 1. The molecule has 4 N–H and O–H groups in total. The van der Waals surface area contributed by atoms with Gasteiger partial charge in [0.15, 0.2) is 0 Å². The summed E-state index contributed by atoms with van der Waals surface area (Å²) in [5, 5.41) is 15.0. The van der Waals surface area contributed by atoms with Gasteiger partial charge in [-0.1, -0.05) is 25.4 Å². The number of nitrogens with one attached hydrogen (secondary N) is 1. The van der Waals surface area contributed by atoms with Crippen LogP contribution in [0.1, 0.15) is 40.0 Å². The van der Waals surface area contributed by atoms with E-state index in [2.05, 4.69) is 10.5 Å². The highest BCUT2D eigenvalue weighted by molar-refractivity contribution is 5.85. The fourth-order valence-electron chi connectivity index (χ4n) is 1.49. The quantitative estimate of drug-likeness (QED) is 0.179. The van der Waals surface area contributed by atoms with Crippen molar-refractivity contribution in [2.45, 2.75) is 40.0 Å². The standard InChI is InChI=1S/C12H27N3O2/c1-4-17-10-9-14-8-6-5-7-12(2,3)11(13)15-16/h14,16H,4-10H2,1-3H3,(H2,13,15). The number of nitrogens with two attached hydrogens (primary N) is 1. The molecule has 0 spiro atoms. The average molecular weight is 245 g/mol. The van der Waals surface area contributed by atoms with Crippen molar-refractivity contribution in [3.63, 3.8) is 0 Å². The first-order chi connectivity index (χ1) is 8.04. The van der Waals surface area contributed by atoms with E-state index in [0.29, 0.717) is 5.84 Å². The predicted molar refractivity (Wildman–Crippen MR) is 70.4 cm³/mol. The molecular formula is C12H27N3O2. The molecule has 5 nitrogen and oxygen atoms in total. The fraction of sp³-hybridized carbons (Fsp3) is 0.917.